The third kappa shape index (κ3) is 6.24. The highest BCUT2D eigenvalue weighted by molar-refractivity contribution is 8.02. The van der Waals surface area contributed by atoms with E-state index in [9.17, 15) is 0 Å². The Morgan fingerprint density at radius 2 is 1.19 bits per heavy atom. The van der Waals surface area contributed by atoms with Crippen molar-refractivity contribution in [3.8, 4) is 11.3 Å². The topological polar surface area (TPSA) is 17.8 Å². The highest BCUT2D eigenvalue weighted by Gasteiger charge is 2.17. The van der Waals surface area contributed by atoms with Crippen molar-refractivity contribution in [2.75, 3.05) is 0 Å². The zero-order valence-corrected chi connectivity index (χ0v) is 26.0. The highest BCUT2D eigenvalue weighted by atomic mass is 35.5. The summed E-state index contributed by atoms with van der Waals surface area (Å²) >= 11 is 15.7. The maximum absolute atomic E-state index is 6.20. The molecule has 2 nitrogen and oxygen atoms in total. The normalized spacial score (nSPS) is 11.8. The van der Waals surface area contributed by atoms with Crippen molar-refractivity contribution in [3.05, 3.63) is 161 Å². The van der Waals surface area contributed by atoms with Crippen molar-refractivity contribution < 1.29 is 0 Å². The van der Waals surface area contributed by atoms with Gasteiger partial charge in [-0.3, -0.25) is 0 Å². The Morgan fingerprint density at radius 3 is 1.86 bits per heavy atom. The van der Waals surface area contributed by atoms with Crippen LogP contribution >= 0.6 is 46.7 Å². The van der Waals surface area contributed by atoms with Gasteiger partial charge in [-0.1, -0.05) is 120 Å². The minimum Gasteiger partial charge on any atom is -0.238 e. The molecule has 208 valence electrons. The third-order valence-corrected chi connectivity index (χ3v) is 9.57. The zero-order chi connectivity index (χ0) is 29.2. The maximum Gasteiger partial charge on any atom is 0.107 e. The number of fused-ring (bicyclic) bond motifs is 2. The van der Waals surface area contributed by atoms with Crippen LogP contribution in [0.25, 0.3) is 38.5 Å². The number of nitrogens with zero attached hydrogens (tertiary/aromatic N) is 2. The summed E-state index contributed by atoms with van der Waals surface area (Å²) in [5, 5.41) is 13.6. The van der Waals surface area contributed by atoms with Crippen LogP contribution in [0.4, 0.5) is 0 Å². The maximum atomic E-state index is 6.20. The van der Waals surface area contributed by atoms with E-state index in [1.54, 1.807) is 23.5 Å². The van der Waals surface area contributed by atoms with Gasteiger partial charge >= 0.3 is 0 Å². The smallest absolute Gasteiger partial charge is 0.107 e. The van der Waals surface area contributed by atoms with E-state index in [1.807, 2.05) is 53.2 Å². The Bertz CT molecular complexity index is 2100. The van der Waals surface area contributed by atoms with Crippen LogP contribution in [-0.2, 0) is 0 Å². The summed E-state index contributed by atoms with van der Waals surface area (Å²) < 4.78 is 2.01. The van der Waals surface area contributed by atoms with Crippen LogP contribution in [0.1, 0.15) is 5.56 Å². The van der Waals surface area contributed by atoms with Gasteiger partial charge in [0.1, 0.15) is 5.69 Å². The molecule has 43 heavy (non-hydrogen) atoms. The molecule has 0 radical (unpaired) electrons. The van der Waals surface area contributed by atoms with E-state index in [1.165, 1.54) is 21.5 Å². The van der Waals surface area contributed by atoms with E-state index < -0.39 is 0 Å². The first-order chi connectivity index (χ1) is 21.1. The quantitative estimate of drug-likeness (QED) is 0.163. The summed E-state index contributed by atoms with van der Waals surface area (Å²) in [7, 11) is 0. The fraction of sp³-hybridized carbons (Fsp3) is 0. The molecule has 1 heterocycles. The molecule has 0 amide bonds. The van der Waals surface area contributed by atoms with Gasteiger partial charge < -0.3 is 0 Å². The largest absolute Gasteiger partial charge is 0.238 e. The molecule has 0 N–H and O–H groups in total. The summed E-state index contributed by atoms with van der Waals surface area (Å²) in [6.07, 6.45) is 2.13. The van der Waals surface area contributed by atoms with Crippen LogP contribution in [0, 0.1) is 0 Å². The first kappa shape index (κ1) is 27.9. The Labute approximate surface area is 269 Å². The van der Waals surface area contributed by atoms with Crippen molar-refractivity contribution in [1.82, 2.24) is 9.78 Å². The van der Waals surface area contributed by atoms with Crippen LogP contribution in [-0.4, -0.2) is 9.78 Å². The number of rotatable bonds is 7. The predicted molar refractivity (Wildman–Crippen MR) is 185 cm³/mol. The van der Waals surface area contributed by atoms with Gasteiger partial charge in [0.05, 0.1) is 10.6 Å². The second kappa shape index (κ2) is 12.4. The molecule has 0 saturated heterocycles. The molecular weight excluding hydrogens is 607 g/mol. The average Bonchev–Trinajstić information content (AvgIpc) is 3.46. The molecule has 7 aromatic rings. The van der Waals surface area contributed by atoms with Gasteiger partial charge in [0, 0.05) is 42.6 Å². The molecule has 0 fully saturated rings. The van der Waals surface area contributed by atoms with E-state index in [0.29, 0.717) is 0 Å². The molecule has 0 spiro atoms. The number of aromatic nitrogens is 2. The lowest BCUT2D eigenvalue weighted by atomic mass is 10.1. The van der Waals surface area contributed by atoms with Crippen LogP contribution in [0.2, 0.25) is 10.0 Å². The molecular formula is C37H24Cl2N2S2. The number of thioether (sulfide) groups is 1. The van der Waals surface area contributed by atoms with Gasteiger partial charge in [0.2, 0.25) is 0 Å². The van der Waals surface area contributed by atoms with Crippen molar-refractivity contribution in [3.63, 3.8) is 0 Å². The number of benzene rings is 6. The minimum atomic E-state index is 0.718. The SMILES string of the molecule is Clc1ccc(S/C=C(/c2ccc3ccccc3c2)n2cc(Sc3ccc(Cl)cc3)c(-c3ccc4ccccc4c3)n2)cc1. The van der Waals surface area contributed by atoms with Gasteiger partial charge in [-0.2, -0.15) is 5.10 Å². The lowest BCUT2D eigenvalue weighted by molar-refractivity contribution is 0.909. The Morgan fingerprint density at radius 1 is 0.605 bits per heavy atom. The minimum absolute atomic E-state index is 0.718. The van der Waals surface area contributed by atoms with E-state index in [2.05, 4.69) is 96.5 Å². The van der Waals surface area contributed by atoms with Crippen molar-refractivity contribution >= 4 is 74.0 Å². The second-order valence-corrected chi connectivity index (χ2v) is 13.0. The second-order valence-electron chi connectivity index (χ2n) is 10.0. The van der Waals surface area contributed by atoms with E-state index in [0.717, 1.165) is 47.2 Å². The van der Waals surface area contributed by atoms with Crippen LogP contribution in [0.15, 0.2) is 160 Å². The molecule has 0 saturated carbocycles. The number of hydrogen-bond acceptors (Lipinski definition) is 3. The van der Waals surface area contributed by atoms with Gasteiger partial charge in [-0.15, -0.1) is 0 Å². The van der Waals surface area contributed by atoms with Crippen LogP contribution < -0.4 is 0 Å². The first-order valence-electron chi connectivity index (χ1n) is 13.7. The Kier molecular flexibility index (Phi) is 8.01. The summed E-state index contributed by atoms with van der Waals surface area (Å²) in [6, 6.07) is 45.8. The zero-order valence-electron chi connectivity index (χ0n) is 22.8. The predicted octanol–water partition coefficient (Wildman–Crippen LogP) is 12.0. The molecule has 0 aliphatic rings. The van der Waals surface area contributed by atoms with Gasteiger partial charge in [0.15, 0.2) is 0 Å². The monoisotopic (exact) mass is 630 g/mol. The molecule has 0 atom stereocenters. The van der Waals surface area contributed by atoms with Crippen LogP contribution in [0.3, 0.4) is 0 Å². The average molecular weight is 632 g/mol. The molecule has 0 unspecified atom stereocenters. The van der Waals surface area contributed by atoms with Crippen molar-refractivity contribution in [2.45, 2.75) is 14.7 Å². The van der Waals surface area contributed by atoms with E-state index in [-0.39, 0.29) is 0 Å². The van der Waals surface area contributed by atoms with Crippen LogP contribution in [0.5, 0.6) is 0 Å². The van der Waals surface area contributed by atoms with Gasteiger partial charge in [0.25, 0.3) is 0 Å². The standard InChI is InChI=1S/C37H24Cl2N2S2/c38-31-13-17-33(18-14-31)42-24-35(29-11-9-25-5-1-3-7-27(25)21-29)41-23-36(43-34-19-15-32(39)16-20-34)37(40-41)30-12-10-26-6-2-4-8-28(26)22-30/h1-24H/b35-24-. The van der Waals surface area contributed by atoms with E-state index in [4.69, 9.17) is 28.3 Å². The lowest BCUT2D eigenvalue weighted by Gasteiger charge is -2.10. The molecule has 1 aromatic heterocycles. The Balaban J connectivity index is 1.38. The summed E-state index contributed by atoms with van der Waals surface area (Å²) in [4.78, 5) is 3.25. The highest BCUT2D eigenvalue weighted by Crippen LogP contribution is 2.39. The van der Waals surface area contributed by atoms with E-state index >= 15 is 0 Å². The number of halogens is 2. The first-order valence-corrected chi connectivity index (χ1v) is 16.2. The van der Waals surface area contributed by atoms with Crippen molar-refractivity contribution in [1.29, 1.82) is 0 Å². The van der Waals surface area contributed by atoms with Gasteiger partial charge in [-0.05, 0) is 82.2 Å². The fourth-order valence-corrected chi connectivity index (χ4v) is 6.93. The molecule has 0 aliphatic carbocycles. The van der Waals surface area contributed by atoms with Crippen molar-refractivity contribution in [2.24, 2.45) is 0 Å². The molecule has 6 aromatic carbocycles. The third-order valence-electron chi connectivity index (χ3n) is 7.16. The molecule has 0 bridgehead atoms. The number of hydrogen-bond donors (Lipinski definition) is 0. The summed E-state index contributed by atoms with van der Waals surface area (Å²) in [5.74, 6) is 0. The summed E-state index contributed by atoms with van der Waals surface area (Å²) in [6.45, 7) is 0. The molecule has 6 heteroatoms. The molecule has 0 aliphatic heterocycles. The Hall–Kier alpha value is -3.93. The lowest BCUT2D eigenvalue weighted by Crippen LogP contribution is -2.00. The molecule has 7 rings (SSSR count). The fourth-order valence-electron chi connectivity index (χ4n) is 4.96. The summed E-state index contributed by atoms with van der Waals surface area (Å²) in [5.41, 5.74) is 4.05. The van der Waals surface area contributed by atoms with Gasteiger partial charge in [-0.25, -0.2) is 4.68 Å².